The summed E-state index contributed by atoms with van der Waals surface area (Å²) in [5.41, 5.74) is 0.488. The number of benzene rings is 1. The second-order valence-corrected chi connectivity index (χ2v) is 8.42. The van der Waals surface area contributed by atoms with Gasteiger partial charge in [-0.1, -0.05) is 41.7 Å². The average molecular weight is 448 g/mol. The number of carbonyl (C=O) groups is 1. The van der Waals surface area contributed by atoms with Gasteiger partial charge in [0.2, 0.25) is 5.91 Å². The summed E-state index contributed by atoms with van der Waals surface area (Å²) < 4.78 is 27.7. The molecule has 0 spiro atoms. The van der Waals surface area contributed by atoms with Crippen LogP contribution < -0.4 is 15.8 Å². The topological polar surface area (TPSA) is 80.1 Å². The highest BCUT2D eigenvalue weighted by atomic mass is 32.1. The minimum atomic E-state index is -2.85. The predicted molar refractivity (Wildman–Crippen MR) is 116 cm³/mol. The number of carbonyl (C=O) groups excluding carboxylic acids is 1. The van der Waals surface area contributed by atoms with Crippen LogP contribution in [0.1, 0.15) is 50.5 Å². The van der Waals surface area contributed by atoms with E-state index in [1.807, 2.05) is 42.2 Å². The van der Waals surface area contributed by atoms with Crippen molar-refractivity contribution in [2.75, 3.05) is 11.4 Å². The summed E-state index contributed by atoms with van der Waals surface area (Å²) in [5, 5.41) is 3.50. The third-order valence-corrected chi connectivity index (χ3v) is 6.50. The molecular weight excluding hydrogens is 424 g/mol. The highest BCUT2D eigenvalue weighted by molar-refractivity contribution is 7.21. The molecule has 2 aromatic heterocycles. The highest BCUT2D eigenvalue weighted by Crippen LogP contribution is 2.32. The summed E-state index contributed by atoms with van der Waals surface area (Å²) in [7, 11) is 0. The molecule has 0 radical (unpaired) electrons. The lowest BCUT2D eigenvalue weighted by molar-refractivity contribution is -0.122. The van der Waals surface area contributed by atoms with Crippen molar-refractivity contribution in [2.24, 2.45) is 0 Å². The predicted octanol–water partition coefficient (Wildman–Crippen LogP) is 3.66. The van der Waals surface area contributed by atoms with Gasteiger partial charge in [-0.05, 0) is 32.3 Å². The zero-order chi connectivity index (χ0) is 22.1. The van der Waals surface area contributed by atoms with Crippen LogP contribution in [0.15, 0.2) is 35.1 Å². The summed E-state index contributed by atoms with van der Waals surface area (Å²) in [6.45, 7) is 4.22. The van der Waals surface area contributed by atoms with Crippen LogP contribution in [0.4, 0.5) is 13.9 Å². The third-order valence-electron chi connectivity index (χ3n) is 5.51. The Kier molecular flexibility index (Phi) is 5.99. The number of aromatic nitrogens is 3. The molecule has 164 valence electrons. The van der Waals surface area contributed by atoms with Gasteiger partial charge in [0.15, 0.2) is 21.3 Å². The van der Waals surface area contributed by atoms with Gasteiger partial charge in [-0.25, -0.2) is 18.7 Å². The van der Waals surface area contributed by atoms with Gasteiger partial charge in [0.05, 0.1) is 6.04 Å². The van der Waals surface area contributed by atoms with Crippen LogP contribution >= 0.6 is 11.3 Å². The summed E-state index contributed by atoms with van der Waals surface area (Å²) in [6.07, 6.45) is -1.41. The van der Waals surface area contributed by atoms with E-state index in [9.17, 15) is 18.4 Å². The monoisotopic (exact) mass is 447 g/mol. The Bertz CT molecular complexity index is 1150. The molecule has 1 saturated heterocycles. The van der Waals surface area contributed by atoms with Crippen LogP contribution in [-0.4, -0.2) is 33.0 Å². The van der Waals surface area contributed by atoms with E-state index in [1.54, 1.807) is 6.92 Å². The number of nitrogens with one attached hydrogen (secondary N) is 1. The number of thiazole rings is 1. The lowest BCUT2D eigenvalue weighted by atomic mass is 10.1. The number of halogens is 2. The smallest absolute Gasteiger partial charge is 0.295 e. The van der Waals surface area contributed by atoms with Crippen molar-refractivity contribution in [3.63, 3.8) is 0 Å². The van der Waals surface area contributed by atoms with Crippen LogP contribution in [0.5, 0.6) is 0 Å². The van der Waals surface area contributed by atoms with Crippen molar-refractivity contribution in [3.8, 4) is 0 Å². The van der Waals surface area contributed by atoms with E-state index < -0.39 is 23.9 Å². The molecule has 2 atom stereocenters. The van der Waals surface area contributed by atoms with Crippen LogP contribution in [0.2, 0.25) is 0 Å². The Morgan fingerprint density at radius 2 is 2.03 bits per heavy atom. The first-order valence-corrected chi connectivity index (χ1v) is 11.0. The zero-order valence-electron chi connectivity index (χ0n) is 17.2. The van der Waals surface area contributed by atoms with Gasteiger partial charge in [0.1, 0.15) is 6.04 Å². The minimum Gasteiger partial charge on any atom is -0.348 e. The molecule has 1 aromatic carbocycles. The minimum absolute atomic E-state index is 0.0648. The van der Waals surface area contributed by atoms with Crippen molar-refractivity contribution in [1.29, 1.82) is 0 Å². The zero-order valence-corrected chi connectivity index (χ0v) is 18.0. The van der Waals surface area contributed by atoms with Crippen molar-refractivity contribution < 1.29 is 13.6 Å². The van der Waals surface area contributed by atoms with E-state index in [0.717, 1.165) is 27.9 Å². The molecule has 4 rings (SSSR count). The second-order valence-electron chi connectivity index (χ2n) is 7.46. The molecule has 3 aromatic rings. The largest absolute Gasteiger partial charge is 0.348 e. The molecule has 1 fully saturated rings. The molecule has 1 aliphatic heterocycles. The fourth-order valence-corrected chi connectivity index (χ4v) is 4.92. The molecule has 0 aliphatic carbocycles. The van der Waals surface area contributed by atoms with E-state index in [1.165, 1.54) is 0 Å². The summed E-state index contributed by atoms with van der Waals surface area (Å²) >= 11 is 1.07. The number of anilines is 1. The lowest BCUT2D eigenvalue weighted by Crippen LogP contribution is -2.44. The van der Waals surface area contributed by atoms with Gasteiger partial charge in [-0.3, -0.25) is 14.2 Å². The maximum atomic E-state index is 13.4. The van der Waals surface area contributed by atoms with Crippen molar-refractivity contribution in [1.82, 2.24) is 19.9 Å². The molecule has 3 heterocycles. The number of nitrogens with zero attached hydrogens (tertiary/aromatic N) is 4. The number of hydrogen-bond donors (Lipinski definition) is 1. The standard InChI is InChI=1S/C21H23F2N5O2S/c1-3-27-17(16(22)23)26-19-15(20(27)30)25-21(31-19)28-11-7-10-14(28)18(29)24-12(2)13-8-5-4-6-9-13/h4-6,8-9,12,14,16H,3,7,10-11H2,1-2H3,(H,24,29)/t12-,14?/m1/s1. The maximum Gasteiger partial charge on any atom is 0.295 e. The van der Waals surface area contributed by atoms with Crippen LogP contribution in [-0.2, 0) is 11.3 Å². The van der Waals surface area contributed by atoms with E-state index >= 15 is 0 Å². The Morgan fingerprint density at radius 1 is 1.29 bits per heavy atom. The first-order valence-electron chi connectivity index (χ1n) is 10.2. The van der Waals surface area contributed by atoms with Gasteiger partial charge < -0.3 is 10.2 Å². The Morgan fingerprint density at radius 3 is 2.71 bits per heavy atom. The Labute approximate surface area is 181 Å². The molecule has 0 saturated carbocycles. The Balaban J connectivity index is 1.62. The van der Waals surface area contributed by atoms with E-state index in [4.69, 9.17) is 0 Å². The number of fused-ring (bicyclic) bond motifs is 1. The van der Waals surface area contributed by atoms with Crippen molar-refractivity contribution >= 4 is 32.7 Å². The summed E-state index contributed by atoms with van der Waals surface area (Å²) in [5.74, 6) is -0.678. The number of hydrogen-bond acceptors (Lipinski definition) is 6. The van der Waals surface area contributed by atoms with Crippen LogP contribution in [0.3, 0.4) is 0 Å². The highest BCUT2D eigenvalue weighted by Gasteiger charge is 2.34. The summed E-state index contributed by atoms with van der Waals surface area (Å²) in [6, 6.07) is 9.08. The molecule has 0 bridgehead atoms. The van der Waals surface area contributed by atoms with Gasteiger partial charge in [-0.15, -0.1) is 0 Å². The normalized spacial score (nSPS) is 17.5. The SMILES string of the molecule is CCn1c(C(F)F)nc2sc(N3CCCC3C(=O)N[C@H](C)c3ccccc3)nc2c1=O. The molecule has 10 heteroatoms. The lowest BCUT2D eigenvalue weighted by Gasteiger charge is -2.25. The van der Waals surface area contributed by atoms with E-state index in [0.29, 0.717) is 18.1 Å². The fourth-order valence-electron chi connectivity index (χ4n) is 3.91. The van der Waals surface area contributed by atoms with Gasteiger partial charge >= 0.3 is 0 Å². The summed E-state index contributed by atoms with van der Waals surface area (Å²) in [4.78, 5) is 36.1. The first kappa shape index (κ1) is 21.4. The Hall–Kier alpha value is -2.88. The number of amides is 1. The first-order chi connectivity index (χ1) is 14.9. The van der Waals surface area contributed by atoms with Gasteiger partial charge in [0.25, 0.3) is 12.0 Å². The van der Waals surface area contributed by atoms with Crippen LogP contribution in [0.25, 0.3) is 10.3 Å². The second kappa shape index (κ2) is 8.70. The molecule has 1 N–H and O–H groups in total. The van der Waals surface area contributed by atoms with Crippen LogP contribution in [0, 0.1) is 0 Å². The molecule has 1 unspecified atom stereocenters. The van der Waals surface area contributed by atoms with E-state index in [-0.39, 0.29) is 28.8 Å². The maximum absolute atomic E-state index is 13.4. The molecule has 7 nitrogen and oxygen atoms in total. The molecule has 1 amide bonds. The average Bonchev–Trinajstić information content (AvgIpc) is 3.41. The van der Waals surface area contributed by atoms with Crippen molar-refractivity contribution in [3.05, 3.63) is 52.1 Å². The molecular formula is C21H23F2N5O2S. The number of rotatable bonds is 6. The molecule has 1 aliphatic rings. The van der Waals surface area contributed by atoms with Gasteiger partial charge in [-0.2, -0.15) is 0 Å². The van der Waals surface area contributed by atoms with Gasteiger partial charge in [0, 0.05) is 13.1 Å². The van der Waals surface area contributed by atoms with E-state index in [2.05, 4.69) is 15.3 Å². The quantitative estimate of drug-likeness (QED) is 0.624. The molecule has 31 heavy (non-hydrogen) atoms. The fraction of sp³-hybridized carbons (Fsp3) is 0.429. The number of alkyl halides is 2. The third kappa shape index (κ3) is 4.04. The van der Waals surface area contributed by atoms with Crippen molar-refractivity contribution in [2.45, 2.75) is 51.7 Å².